The average molecular weight is 264 g/mol. The molecule has 0 aromatic carbocycles. The molecule has 0 heterocycles. The molecular formula is C14H32O4. The van der Waals surface area contributed by atoms with Crippen LogP contribution in [0, 0.1) is 0 Å². The van der Waals surface area contributed by atoms with Crippen molar-refractivity contribution >= 4 is 0 Å². The minimum atomic E-state index is -0.0292. The summed E-state index contributed by atoms with van der Waals surface area (Å²) in [7, 11) is 3.35. The van der Waals surface area contributed by atoms with E-state index in [9.17, 15) is 0 Å². The van der Waals surface area contributed by atoms with Gasteiger partial charge < -0.3 is 18.9 Å². The first-order valence-electron chi connectivity index (χ1n) is 6.38. The Kier molecular flexibility index (Phi) is 12.0. The Bertz CT molecular complexity index is 148. The average Bonchev–Trinajstić information content (AvgIpc) is 2.16. The summed E-state index contributed by atoms with van der Waals surface area (Å²) < 4.78 is 20.3. The van der Waals surface area contributed by atoms with E-state index in [1.165, 1.54) is 0 Å². The second-order valence-electron chi connectivity index (χ2n) is 5.91. The van der Waals surface area contributed by atoms with Gasteiger partial charge in [-0.15, -0.1) is 0 Å². The minimum Gasteiger partial charge on any atom is -0.382 e. The molecule has 0 spiro atoms. The molecule has 0 aliphatic rings. The summed E-state index contributed by atoms with van der Waals surface area (Å²) in [5.74, 6) is 0. The molecule has 0 atom stereocenters. The lowest BCUT2D eigenvalue weighted by molar-refractivity contribution is -0.0273. The number of ether oxygens (including phenoxy) is 4. The van der Waals surface area contributed by atoms with Crippen LogP contribution >= 0.6 is 0 Å². The van der Waals surface area contributed by atoms with Crippen LogP contribution in [0.25, 0.3) is 0 Å². The third-order valence-corrected chi connectivity index (χ3v) is 1.65. The molecule has 0 aromatic rings. The van der Waals surface area contributed by atoms with Crippen molar-refractivity contribution in [1.82, 2.24) is 0 Å². The number of hydrogen-bond acceptors (Lipinski definition) is 4. The zero-order valence-corrected chi connectivity index (χ0v) is 13.5. The van der Waals surface area contributed by atoms with E-state index in [0.29, 0.717) is 26.4 Å². The molecule has 0 unspecified atom stereocenters. The quantitative estimate of drug-likeness (QED) is 0.691. The molecule has 0 amide bonds. The van der Waals surface area contributed by atoms with Crippen molar-refractivity contribution in [3.63, 3.8) is 0 Å². The number of methoxy groups -OCH3 is 2. The Morgan fingerprint density at radius 3 is 1.00 bits per heavy atom. The van der Waals surface area contributed by atoms with Gasteiger partial charge in [0.25, 0.3) is 0 Å². The molecule has 0 saturated heterocycles. The molecule has 0 aliphatic carbocycles. The molecular weight excluding hydrogens is 232 g/mol. The largest absolute Gasteiger partial charge is 0.382 e. The summed E-state index contributed by atoms with van der Waals surface area (Å²) in [5, 5.41) is 0. The Morgan fingerprint density at radius 1 is 0.556 bits per heavy atom. The van der Waals surface area contributed by atoms with Gasteiger partial charge in [0.2, 0.25) is 0 Å². The molecule has 0 radical (unpaired) electrons. The van der Waals surface area contributed by atoms with Gasteiger partial charge in [-0.1, -0.05) is 0 Å². The van der Waals surface area contributed by atoms with Crippen molar-refractivity contribution in [3.05, 3.63) is 0 Å². The van der Waals surface area contributed by atoms with E-state index in [4.69, 9.17) is 18.9 Å². The van der Waals surface area contributed by atoms with Gasteiger partial charge >= 0.3 is 0 Å². The topological polar surface area (TPSA) is 36.9 Å². The van der Waals surface area contributed by atoms with Crippen molar-refractivity contribution in [2.24, 2.45) is 0 Å². The zero-order valence-electron chi connectivity index (χ0n) is 13.5. The Morgan fingerprint density at radius 2 is 0.833 bits per heavy atom. The predicted octanol–water partition coefficient (Wildman–Crippen LogP) is 2.90. The third kappa shape index (κ3) is 24.9. The van der Waals surface area contributed by atoms with E-state index in [0.717, 1.165) is 0 Å². The molecule has 0 fully saturated rings. The van der Waals surface area contributed by atoms with E-state index < -0.39 is 0 Å². The minimum absolute atomic E-state index is 0.0292. The second kappa shape index (κ2) is 10.7. The van der Waals surface area contributed by atoms with Gasteiger partial charge in [0.05, 0.1) is 37.6 Å². The fraction of sp³-hybridized carbons (Fsp3) is 1.00. The van der Waals surface area contributed by atoms with Crippen LogP contribution in [0.2, 0.25) is 0 Å². The first-order valence-corrected chi connectivity index (χ1v) is 6.38. The predicted molar refractivity (Wildman–Crippen MR) is 75.2 cm³/mol. The molecule has 112 valence electrons. The summed E-state index contributed by atoms with van der Waals surface area (Å²) in [6, 6.07) is 0. The van der Waals surface area contributed by atoms with Crippen LogP contribution in [-0.4, -0.2) is 51.8 Å². The second-order valence-corrected chi connectivity index (χ2v) is 5.91. The summed E-state index contributed by atoms with van der Waals surface area (Å²) in [5.41, 5.74) is -0.0585. The molecule has 0 N–H and O–H groups in total. The fourth-order valence-corrected chi connectivity index (χ4v) is 0.862. The lowest BCUT2D eigenvalue weighted by Gasteiger charge is -2.18. The summed E-state index contributed by atoms with van der Waals surface area (Å²) in [6.07, 6.45) is 0. The number of hydrogen-bond donors (Lipinski definition) is 0. The summed E-state index contributed by atoms with van der Waals surface area (Å²) >= 11 is 0. The van der Waals surface area contributed by atoms with Crippen LogP contribution in [0.15, 0.2) is 0 Å². The highest BCUT2D eigenvalue weighted by atomic mass is 16.5. The Hall–Kier alpha value is -0.160. The van der Waals surface area contributed by atoms with Crippen LogP contribution < -0.4 is 0 Å². The van der Waals surface area contributed by atoms with Crippen molar-refractivity contribution in [2.75, 3.05) is 40.6 Å². The highest BCUT2D eigenvalue weighted by Crippen LogP contribution is 2.05. The van der Waals surface area contributed by atoms with E-state index >= 15 is 0 Å². The van der Waals surface area contributed by atoms with Crippen molar-refractivity contribution in [3.8, 4) is 0 Å². The molecule has 4 heteroatoms. The van der Waals surface area contributed by atoms with Gasteiger partial charge in [-0.05, 0) is 41.5 Å². The van der Waals surface area contributed by atoms with E-state index in [1.54, 1.807) is 14.2 Å². The lowest BCUT2D eigenvalue weighted by Crippen LogP contribution is -2.21. The van der Waals surface area contributed by atoms with Crippen molar-refractivity contribution < 1.29 is 18.9 Å². The SMILES string of the molecule is COCCOC(C)(C)C.COCCOC(C)(C)C. The normalized spacial score (nSPS) is 12.0. The zero-order chi connectivity index (χ0) is 14.7. The highest BCUT2D eigenvalue weighted by Gasteiger charge is 2.08. The van der Waals surface area contributed by atoms with Gasteiger partial charge in [-0.25, -0.2) is 0 Å². The monoisotopic (exact) mass is 264 g/mol. The lowest BCUT2D eigenvalue weighted by atomic mass is 10.2. The van der Waals surface area contributed by atoms with Gasteiger partial charge in [-0.3, -0.25) is 0 Å². The van der Waals surface area contributed by atoms with Gasteiger partial charge in [0, 0.05) is 14.2 Å². The molecule has 18 heavy (non-hydrogen) atoms. The van der Waals surface area contributed by atoms with Crippen LogP contribution in [0.1, 0.15) is 41.5 Å². The van der Waals surface area contributed by atoms with Crippen LogP contribution in [0.5, 0.6) is 0 Å². The summed E-state index contributed by atoms with van der Waals surface area (Å²) in [6.45, 7) is 14.9. The standard InChI is InChI=1S/2C7H16O2/c2*1-7(2,3)9-6-5-8-4/h2*5-6H2,1-4H3. The third-order valence-electron chi connectivity index (χ3n) is 1.65. The van der Waals surface area contributed by atoms with Crippen LogP contribution in [0.3, 0.4) is 0 Å². The van der Waals surface area contributed by atoms with Gasteiger partial charge in [0.1, 0.15) is 0 Å². The first kappa shape index (κ1) is 20.2. The smallest absolute Gasteiger partial charge is 0.0707 e. The fourth-order valence-electron chi connectivity index (χ4n) is 0.862. The molecule has 0 aromatic heterocycles. The van der Waals surface area contributed by atoms with Crippen LogP contribution in [-0.2, 0) is 18.9 Å². The first-order chi connectivity index (χ1) is 8.12. The molecule has 0 saturated carbocycles. The van der Waals surface area contributed by atoms with E-state index in [-0.39, 0.29) is 11.2 Å². The maximum Gasteiger partial charge on any atom is 0.0707 e. The van der Waals surface area contributed by atoms with Crippen molar-refractivity contribution in [2.45, 2.75) is 52.7 Å². The molecule has 4 nitrogen and oxygen atoms in total. The summed E-state index contributed by atoms with van der Waals surface area (Å²) in [4.78, 5) is 0. The Balaban J connectivity index is 0. The van der Waals surface area contributed by atoms with Gasteiger partial charge in [-0.2, -0.15) is 0 Å². The maximum atomic E-state index is 5.34. The molecule has 0 rings (SSSR count). The van der Waals surface area contributed by atoms with Gasteiger partial charge in [0.15, 0.2) is 0 Å². The number of rotatable bonds is 6. The van der Waals surface area contributed by atoms with Crippen LogP contribution in [0.4, 0.5) is 0 Å². The Labute approximate surface area is 113 Å². The van der Waals surface area contributed by atoms with E-state index in [2.05, 4.69) is 0 Å². The molecule has 0 bridgehead atoms. The van der Waals surface area contributed by atoms with E-state index in [1.807, 2.05) is 41.5 Å². The maximum absolute atomic E-state index is 5.34. The van der Waals surface area contributed by atoms with Crippen molar-refractivity contribution in [1.29, 1.82) is 0 Å². The highest BCUT2D eigenvalue weighted by molar-refractivity contribution is 4.58. The molecule has 0 aliphatic heterocycles.